The van der Waals surface area contributed by atoms with Crippen LogP contribution in [-0.2, 0) is 4.79 Å². The molecule has 1 rings (SSSR count). The SMILES string of the molecule is CCCC(CC(=O)O)NC(=O)c1nn[nH]n1. The second-order valence-corrected chi connectivity index (χ2v) is 3.29. The Morgan fingerprint density at radius 2 is 2.31 bits per heavy atom. The third-order valence-electron chi connectivity index (χ3n) is 1.94. The van der Waals surface area contributed by atoms with Crippen molar-refractivity contribution in [1.29, 1.82) is 0 Å². The predicted octanol–water partition coefficient (Wildman–Crippen LogP) is -0.427. The van der Waals surface area contributed by atoms with Gasteiger partial charge in [-0.25, -0.2) is 0 Å². The Hall–Kier alpha value is -1.99. The molecule has 8 heteroatoms. The van der Waals surface area contributed by atoms with Crippen molar-refractivity contribution >= 4 is 11.9 Å². The first-order chi connectivity index (χ1) is 7.63. The number of aromatic amines is 1. The zero-order valence-electron chi connectivity index (χ0n) is 8.80. The first-order valence-electron chi connectivity index (χ1n) is 4.89. The standard InChI is InChI=1S/C8H13N5O3/c1-2-3-5(4-6(14)15)9-8(16)7-10-12-13-11-7/h5H,2-4H2,1H3,(H,9,16)(H,14,15)(H,10,11,12,13). The van der Waals surface area contributed by atoms with E-state index < -0.39 is 17.9 Å². The molecule has 0 aliphatic heterocycles. The number of carbonyl (C=O) groups excluding carboxylic acids is 1. The summed E-state index contributed by atoms with van der Waals surface area (Å²) in [6.07, 6.45) is 1.26. The lowest BCUT2D eigenvalue weighted by atomic mass is 10.1. The maximum Gasteiger partial charge on any atom is 0.305 e. The number of nitrogens with zero attached hydrogens (tertiary/aromatic N) is 3. The molecule has 1 aromatic rings. The van der Waals surface area contributed by atoms with Gasteiger partial charge in [-0.15, -0.1) is 10.2 Å². The number of H-pyrrole nitrogens is 1. The van der Waals surface area contributed by atoms with Crippen LogP contribution in [-0.4, -0.2) is 43.6 Å². The van der Waals surface area contributed by atoms with Crippen LogP contribution in [0.15, 0.2) is 0 Å². The van der Waals surface area contributed by atoms with Crippen molar-refractivity contribution in [2.75, 3.05) is 0 Å². The van der Waals surface area contributed by atoms with Crippen LogP contribution in [0.5, 0.6) is 0 Å². The van der Waals surface area contributed by atoms with Crippen molar-refractivity contribution in [2.45, 2.75) is 32.2 Å². The predicted molar refractivity (Wildman–Crippen MR) is 52.6 cm³/mol. The van der Waals surface area contributed by atoms with E-state index in [1.165, 1.54) is 0 Å². The molecule has 0 saturated heterocycles. The first-order valence-corrected chi connectivity index (χ1v) is 4.89. The largest absolute Gasteiger partial charge is 0.481 e. The minimum absolute atomic E-state index is 0.0912. The second kappa shape index (κ2) is 5.79. The van der Waals surface area contributed by atoms with Crippen LogP contribution < -0.4 is 5.32 Å². The van der Waals surface area contributed by atoms with Crippen LogP contribution in [0.3, 0.4) is 0 Å². The topological polar surface area (TPSA) is 121 Å². The van der Waals surface area contributed by atoms with Crippen LogP contribution in [0, 0.1) is 0 Å². The molecule has 16 heavy (non-hydrogen) atoms. The van der Waals surface area contributed by atoms with E-state index in [0.717, 1.165) is 6.42 Å². The third kappa shape index (κ3) is 3.64. The molecule has 1 unspecified atom stereocenters. The highest BCUT2D eigenvalue weighted by molar-refractivity contribution is 5.90. The number of hydrogen-bond acceptors (Lipinski definition) is 5. The van der Waals surface area contributed by atoms with E-state index in [9.17, 15) is 9.59 Å². The average Bonchev–Trinajstić information content (AvgIpc) is 2.69. The fourth-order valence-electron chi connectivity index (χ4n) is 1.29. The summed E-state index contributed by atoms with van der Waals surface area (Å²) in [7, 11) is 0. The zero-order chi connectivity index (χ0) is 12.0. The summed E-state index contributed by atoms with van der Waals surface area (Å²) >= 11 is 0. The molecule has 88 valence electrons. The van der Waals surface area contributed by atoms with E-state index in [1.807, 2.05) is 6.92 Å². The van der Waals surface area contributed by atoms with E-state index in [0.29, 0.717) is 6.42 Å². The molecule has 0 saturated carbocycles. The number of aliphatic carboxylic acids is 1. The van der Waals surface area contributed by atoms with Crippen molar-refractivity contribution in [3.63, 3.8) is 0 Å². The molecule has 0 aliphatic carbocycles. The van der Waals surface area contributed by atoms with Crippen molar-refractivity contribution in [3.8, 4) is 0 Å². The van der Waals surface area contributed by atoms with E-state index in [2.05, 4.69) is 25.9 Å². The molecular weight excluding hydrogens is 214 g/mol. The third-order valence-corrected chi connectivity index (χ3v) is 1.94. The Labute approximate surface area is 91.4 Å². The second-order valence-electron chi connectivity index (χ2n) is 3.29. The smallest absolute Gasteiger partial charge is 0.305 e. The molecule has 8 nitrogen and oxygen atoms in total. The monoisotopic (exact) mass is 227 g/mol. The van der Waals surface area contributed by atoms with Crippen molar-refractivity contribution in [1.82, 2.24) is 25.9 Å². The van der Waals surface area contributed by atoms with Crippen LogP contribution in [0.1, 0.15) is 36.8 Å². The molecule has 3 N–H and O–H groups in total. The highest BCUT2D eigenvalue weighted by atomic mass is 16.4. The van der Waals surface area contributed by atoms with Gasteiger partial charge in [-0.2, -0.15) is 5.21 Å². The van der Waals surface area contributed by atoms with Gasteiger partial charge in [-0.05, 0) is 11.6 Å². The van der Waals surface area contributed by atoms with Crippen molar-refractivity contribution in [2.24, 2.45) is 0 Å². The highest BCUT2D eigenvalue weighted by Gasteiger charge is 2.18. The van der Waals surface area contributed by atoms with Crippen LogP contribution in [0.4, 0.5) is 0 Å². The number of amides is 1. The summed E-state index contributed by atoms with van der Waals surface area (Å²) in [5.74, 6) is -1.56. The maximum absolute atomic E-state index is 11.5. The van der Waals surface area contributed by atoms with E-state index in [-0.39, 0.29) is 12.2 Å². The fourth-order valence-corrected chi connectivity index (χ4v) is 1.29. The van der Waals surface area contributed by atoms with Gasteiger partial charge in [0, 0.05) is 6.04 Å². The lowest BCUT2D eigenvalue weighted by Gasteiger charge is -2.14. The van der Waals surface area contributed by atoms with E-state index in [1.54, 1.807) is 0 Å². The summed E-state index contributed by atoms with van der Waals surface area (Å²) in [5.41, 5.74) is 0. The lowest BCUT2D eigenvalue weighted by Crippen LogP contribution is -2.37. The van der Waals surface area contributed by atoms with Gasteiger partial charge in [0.15, 0.2) is 0 Å². The summed E-state index contributed by atoms with van der Waals surface area (Å²) in [5, 5.41) is 23.6. The number of nitrogens with one attached hydrogen (secondary N) is 2. The van der Waals surface area contributed by atoms with Gasteiger partial charge in [0.2, 0.25) is 0 Å². The number of carboxylic acids is 1. The highest BCUT2D eigenvalue weighted by Crippen LogP contribution is 2.02. The van der Waals surface area contributed by atoms with Crippen molar-refractivity contribution in [3.05, 3.63) is 5.82 Å². The summed E-state index contributed by atoms with van der Waals surface area (Å²) in [4.78, 5) is 22.0. The number of rotatable bonds is 6. The molecule has 1 heterocycles. The summed E-state index contributed by atoms with van der Waals surface area (Å²) in [6.45, 7) is 1.91. The van der Waals surface area contributed by atoms with Gasteiger partial charge < -0.3 is 10.4 Å². The van der Waals surface area contributed by atoms with Crippen molar-refractivity contribution < 1.29 is 14.7 Å². The number of hydrogen-bond donors (Lipinski definition) is 3. The maximum atomic E-state index is 11.5. The fraction of sp³-hybridized carbons (Fsp3) is 0.625. The molecule has 0 radical (unpaired) electrons. The summed E-state index contributed by atoms with van der Waals surface area (Å²) in [6, 6.07) is -0.409. The molecule has 0 bridgehead atoms. The van der Waals surface area contributed by atoms with Gasteiger partial charge in [0.1, 0.15) is 0 Å². The van der Waals surface area contributed by atoms with E-state index >= 15 is 0 Å². The van der Waals surface area contributed by atoms with Gasteiger partial charge >= 0.3 is 5.97 Å². The lowest BCUT2D eigenvalue weighted by molar-refractivity contribution is -0.137. The van der Waals surface area contributed by atoms with Crippen LogP contribution in [0.25, 0.3) is 0 Å². The number of carbonyl (C=O) groups is 2. The van der Waals surface area contributed by atoms with Gasteiger partial charge in [-0.1, -0.05) is 13.3 Å². The molecule has 0 aromatic carbocycles. The molecular formula is C8H13N5O3. The Morgan fingerprint density at radius 3 is 2.81 bits per heavy atom. The normalized spacial score (nSPS) is 12.1. The molecule has 1 amide bonds. The Kier molecular flexibility index (Phi) is 4.37. The number of aromatic nitrogens is 4. The minimum atomic E-state index is -0.952. The average molecular weight is 227 g/mol. The Balaban J connectivity index is 2.54. The summed E-state index contributed by atoms with van der Waals surface area (Å²) < 4.78 is 0. The molecule has 0 spiro atoms. The van der Waals surface area contributed by atoms with Gasteiger partial charge in [0.05, 0.1) is 6.42 Å². The number of carboxylic acid groups (broad SMARTS) is 1. The van der Waals surface area contributed by atoms with E-state index in [4.69, 9.17) is 5.11 Å². The first kappa shape index (κ1) is 12.1. The van der Waals surface area contributed by atoms with Gasteiger partial charge in [0.25, 0.3) is 11.7 Å². The van der Waals surface area contributed by atoms with Gasteiger partial charge in [-0.3, -0.25) is 9.59 Å². The minimum Gasteiger partial charge on any atom is -0.481 e. The van der Waals surface area contributed by atoms with Crippen LogP contribution >= 0.6 is 0 Å². The molecule has 1 atom stereocenters. The Morgan fingerprint density at radius 1 is 1.56 bits per heavy atom. The molecule has 0 fully saturated rings. The number of tetrazole rings is 1. The van der Waals surface area contributed by atoms with Crippen LogP contribution in [0.2, 0.25) is 0 Å². The molecule has 1 aromatic heterocycles. The Bertz CT molecular complexity index is 351. The zero-order valence-corrected chi connectivity index (χ0v) is 8.80. The quantitative estimate of drug-likeness (QED) is 0.606. The molecule has 0 aliphatic rings.